The Labute approximate surface area is 72.7 Å². The van der Waals surface area contributed by atoms with Gasteiger partial charge in [-0.2, -0.15) is 0 Å². The molecule has 0 saturated heterocycles. The van der Waals surface area contributed by atoms with E-state index < -0.39 is 6.09 Å². The molecule has 1 amide bonds. The van der Waals surface area contributed by atoms with E-state index in [1.165, 1.54) is 19.1 Å². The second-order valence-electron chi connectivity index (χ2n) is 2.42. The Kier molecular flexibility index (Phi) is 7.38. The van der Waals surface area contributed by atoms with Crippen molar-refractivity contribution in [3.63, 3.8) is 0 Å². The number of carbonyl (C=O) groups is 1. The molecule has 0 spiro atoms. The van der Waals surface area contributed by atoms with Crippen LogP contribution < -0.4 is 11.3 Å². The summed E-state index contributed by atoms with van der Waals surface area (Å²) >= 11 is 0. The third kappa shape index (κ3) is 7.08. The summed E-state index contributed by atoms with van der Waals surface area (Å²) in [5, 5.41) is 0. The molecule has 4 nitrogen and oxygen atoms in total. The molecule has 0 bridgehead atoms. The van der Waals surface area contributed by atoms with Crippen molar-refractivity contribution in [2.75, 3.05) is 0 Å². The average molecular weight is 172 g/mol. The number of allylic oxidation sites excluding steroid dienone is 1. The summed E-state index contributed by atoms with van der Waals surface area (Å²) in [6.07, 6.45) is 6.99. The minimum atomic E-state index is -0.637. The SMILES string of the molecule is CCCCCC=COC(=O)NN. The minimum absolute atomic E-state index is 0.637. The number of ether oxygens (including phenoxy) is 1. The Morgan fingerprint density at radius 3 is 2.92 bits per heavy atom. The van der Waals surface area contributed by atoms with Crippen LogP contribution in [0, 0.1) is 0 Å². The fourth-order valence-electron chi connectivity index (χ4n) is 0.724. The van der Waals surface area contributed by atoms with Crippen LogP contribution in [0.25, 0.3) is 0 Å². The fraction of sp³-hybridized carbons (Fsp3) is 0.625. The van der Waals surface area contributed by atoms with Crippen LogP contribution in [0.1, 0.15) is 32.6 Å². The van der Waals surface area contributed by atoms with Gasteiger partial charge in [-0.25, -0.2) is 10.6 Å². The van der Waals surface area contributed by atoms with Crippen LogP contribution >= 0.6 is 0 Å². The number of nitrogens with one attached hydrogen (secondary N) is 1. The highest BCUT2D eigenvalue weighted by molar-refractivity contribution is 5.66. The van der Waals surface area contributed by atoms with E-state index in [1.807, 2.05) is 11.5 Å². The van der Waals surface area contributed by atoms with Gasteiger partial charge in [0.05, 0.1) is 6.26 Å². The Morgan fingerprint density at radius 2 is 2.33 bits per heavy atom. The van der Waals surface area contributed by atoms with Crippen molar-refractivity contribution in [1.82, 2.24) is 5.43 Å². The van der Waals surface area contributed by atoms with E-state index in [9.17, 15) is 4.79 Å². The van der Waals surface area contributed by atoms with Gasteiger partial charge in [0.2, 0.25) is 0 Å². The normalized spacial score (nSPS) is 10.2. The molecule has 0 aliphatic rings. The van der Waals surface area contributed by atoms with E-state index in [4.69, 9.17) is 5.84 Å². The average Bonchev–Trinajstić information content (AvgIpc) is 2.10. The van der Waals surface area contributed by atoms with Crippen molar-refractivity contribution < 1.29 is 9.53 Å². The molecule has 0 aromatic heterocycles. The molecule has 0 aromatic rings. The topological polar surface area (TPSA) is 64.3 Å². The third-order valence-electron chi connectivity index (χ3n) is 1.36. The van der Waals surface area contributed by atoms with Crippen molar-refractivity contribution in [2.45, 2.75) is 32.6 Å². The van der Waals surface area contributed by atoms with E-state index in [2.05, 4.69) is 11.7 Å². The lowest BCUT2D eigenvalue weighted by Crippen LogP contribution is -2.29. The molecule has 0 unspecified atom stereocenters. The molecular weight excluding hydrogens is 156 g/mol. The summed E-state index contributed by atoms with van der Waals surface area (Å²) in [5.74, 6) is 4.78. The maximum absolute atomic E-state index is 10.4. The first-order valence-electron chi connectivity index (χ1n) is 4.13. The van der Waals surface area contributed by atoms with E-state index in [0.29, 0.717) is 0 Å². The first kappa shape index (κ1) is 11.0. The van der Waals surface area contributed by atoms with Crippen LogP contribution in [0.15, 0.2) is 12.3 Å². The molecule has 70 valence electrons. The molecule has 3 N–H and O–H groups in total. The van der Waals surface area contributed by atoms with E-state index in [1.54, 1.807) is 0 Å². The zero-order valence-electron chi connectivity index (χ0n) is 7.38. The molecule has 0 radical (unpaired) electrons. The van der Waals surface area contributed by atoms with Crippen molar-refractivity contribution in [3.8, 4) is 0 Å². The highest BCUT2D eigenvalue weighted by Gasteiger charge is 1.90. The number of nitrogens with two attached hydrogens (primary N) is 1. The molecule has 0 fully saturated rings. The first-order valence-corrected chi connectivity index (χ1v) is 4.13. The molecule has 0 heterocycles. The van der Waals surface area contributed by atoms with Gasteiger partial charge in [-0.1, -0.05) is 19.8 Å². The van der Waals surface area contributed by atoms with Crippen LogP contribution in [-0.2, 0) is 4.74 Å². The van der Waals surface area contributed by atoms with Crippen LogP contribution in [0.3, 0.4) is 0 Å². The van der Waals surface area contributed by atoms with E-state index in [0.717, 1.165) is 12.8 Å². The smallest absolute Gasteiger partial charge is 0.418 e. The van der Waals surface area contributed by atoms with Crippen molar-refractivity contribution in [1.29, 1.82) is 0 Å². The van der Waals surface area contributed by atoms with Gasteiger partial charge < -0.3 is 4.74 Å². The van der Waals surface area contributed by atoms with Crippen LogP contribution in [0.2, 0.25) is 0 Å². The van der Waals surface area contributed by atoms with Gasteiger partial charge >= 0.3 is 6.09 Å². The summed E-state index contributed by atoms with van der Waals surface area (Å²) in [5.41, 5.74) is 1.85. The number of unbranched alkanes of at least 4 members (excludes halogenated alkanes) is 3. The maximum atomic E-state index is 10.4. The predicted molar refractivity (Wildman–Crippen MR) is 47.1 cm³/mol. The summed E-state index contributed by atoms with van der Waals surface area (Å²) in [6.45, 7) is 2.14. The predicted octanol–water partition coefficient (Wildman–Crippen LogP) is 1.68. The lowest BCUT2D eigenvalue weighted by Gasteiger charge is -1.95. The summed E-state index contributed by atoms with van der Waals surface area (Å²) in [7, 11) is 0. The lowest BCUT2D eigenvalue weighted by molar-refractivity contribution is 0.185. The molecule has 4 heteroatoms. The van der Waals surface area contributed by atoms with Crippen molar-refractivity contribution in [2.24, 2.45) is 5.84 Å². The highest BCUT2D eigenvalue weighted by atomic mass is 16.5. The van der Waals surface area contributed by atoms with Crippen molar-refractivity contribution >= 4 is 6.09 Å². The summed E-state index contributed by atoms with van der Waals surface area (Å²) in [4.78, 5) is 10.4. The monoisotopic (exact) mass is 172 g/mol. The van der Waals surface area contributed by atoms with Crippen LogP contribution in [0.5, 0.6) is 0 Å². The number of amides is 1. The Hall–Kier alpha value is -1.03. The minimum Gasteiger partial charge on any atom is -0.418 e. The number of hydrazine groups is 1. The molecule has 0 aliphatic heterocycles. The zero-order valence-corrected chi connectivity index (χ0v) is 7.38. The third-order valence-corrected chi connectivity index (χ3v) is 1.36. The molecule has 0 atom stereocenters. The molecule has 0 rings (SSSR count). The van der Waals surface area contributed by atoms with Crippen LogP contribution in [-0.4, -0.2) is 6.09 Å². The molecular formula is C8H16N2O2. The van der Waals surface area contributed by atoms with Gasteiger partial charge in [0.15, 0.2) is 0 Å². The molecule has 12 heavy (non-hydrogen) atoms. The zero-order chi connectivity index (χ0) is 9.23. The second-order valence-corrected chi connectivity index (χ2v) is 2.42. The molecule has 0 aliphatic carbocycles. The Bertz CT molecular complexity index is 146. The quantitative estimate of drug-likeness (QED) is 0.218. The summed E-state index contributed by atoms with van der Waals surface area (Å²) in [6, 6.07) is 0. The fourth-order valence-corrected chi connectivity index (χ4v) is 0.724. The Balaban J connectivity index is 3.19. The van der Waals surface area contributed by atoms with Gasteiger partial charge in [-0.3, -0.25) is 5.43 Å². The van der Waals surface area contributed by atoms with Gasteiger partial charge in [0.1, 0.15) is 0 Å². The second kappa shape index (κ2) is 8.07. The first-order chi connectivity index (χ1) is 5.81. The van der Waals surface area contributed by atoms with Gasteiger partial charge in [-0.15, -0.1) is 0 Å². The number of hydrogen-bond donors (Lipinski definition) is 2. The largest absolute Gasteiger partial charge is 0.426 e. The lowest BCUT2D eigenvalue weighted by atomic mass is 10.2. The number of rotatable bonds is 5. The van der Waals surface area contributed by atoms with Gasteiger partial charge in [-0.05, 0) is 18.9 Å². The van der Waals surface area contributed by atoms with Gasteiger partial charge in [0, 0.05) is 0 Å². The van der Waals surface area contributed by atoms with Gasteiger partial charge in [0.25, 0.3) is 0 Å². The van der Waals surface area contributed by atoms with Crippen molar-refractivity contribution in [3.05, 3.63) is 12.3 Å². The highest BCUT2D eigenvalue weighted by Crippen LogP contribution is 1.99. The van der Waals surface area contributed by atoms with Crippen LogP contribution in [0.4, 0.5) is 4.79 Å². The van der Waals surface area contributed by atoms with E-state index >= 15 is 0 Å². The maximum Gasteiger partial charge on any atom is 0.426 e. The molecule has 0 aromatic carbocycles. The Morgan fingerprint density at radius 1 is 1.58 bits per heavy atom. The number of hydrogen-bond acceptors (Lipinski definition) is 3. The number of carbonyl (C=O) groups excluding carboxylic acids is 1. The standard InChI is InChI=1S/C8H16N2O2/c1-2-3-4-5-6-7-12-8(11)10-9/h6-7H,2-5,9H2,1H3,(H,10,11). The van der Waals surface area contributed by atoms with E-state index in [-0.39, 0.29) is 0 Å². The summed E-state index contributed by atoms with van der Waals surface area (Å²) < 4.78 is 4.52. The molecule has 0 saturated carbocycles.